The third-order valence-electron chi connectivity index (χ3n) is 2.78. The van der Waals surface area contributed by atoms with Gasteiger partial charge in [-0.15, -0.1) is 0 Å². The Hall–Kier alpha value is -2.22. The number of phenols is 2. The SMILES string of the molecule is [2H]c1cc(C(=C(c2cc([2H])c(O)c([2H])c2)C([2H])([2H])C)C([2H])([2H])C)cc([2H])c1O. The summed E-state index contributed by atoms with van der Waals surface area (Å²) in [6.45, 7) is 2.38. The first-order valence-electron chi connectivity index (χ1n) is 10.0. The molecule has 0 aromatic heterocycles. The quantitative estimate of drug-likeness (QED) is 0.785. The van der Waals surface area contributed by atoms with E-state index < -0.39 is 48.4 Å². The van der Waals surface area contributed by atoms with Crippen molar-refractivity contribution >= 4 is 11.1 Å². The van der Waals surface area contributed by atoms with E-state index in [0.29, 0.717) is 0 Å². The Kier molecular flexibility index (Phi) is 2.19. The van der Waals surface area contributed by atoms with E-state index in [1.807, 2.05) is 0 Å². The maximum absolute atomic E-state index is 9.70. The summed E-state index contributed by atoms with van der Waals surface area (Å²) >= 11 is 0. The fourth-order valence-corrected chi connectivity index (χ4v) is 1.87. The second-order valence-corrected chi connectivity index (χ2v) is 4.01. The molecule has 20 heavy (non-hydrogen) atoms. The molecular weight excluding hydrogens is 248 g/mol. The Balaban J connectivity index is 3.02. The molecule has 0 saturated carbocycles. The Bertz CT molecular complexity index is 832. The molecule has 0 fully saturated rings. The Morgan fingerprint density at radius 1 is 0.850 bits per heavy atom. The third kappa shape index (κ3) is 3.02. The van der Waals surface area contributed by atoms with Gasteiger partial charge in [0.05, 0.1) is 5.48 Å². The van der Waals surface area contributed by atoms with Crippen LogP contribution in [0, 0.1) is 0 Å². The van der Waals surface area contributed by atoms with Crippen molar-refractivity contribution in [1.29, 1.82) is 0 Å². The molecule has 104 valence electrons. The summed E-state index contributed by atoms with van der Waals surface area (Å²) in [6, 6.07) is 2.92. The average Bonchev–Trinajstić information content (AvgIpc) is 2.52. The Morgan fingerprint density at radius 3 is 1.40 bits per heavy atom. The van der Waals surface area contributed by atoms with Gasteiger partial charge in [0.1, 0.15) is 11.5 Å². The summed E-state index contributed by atoms with van der Waals surface area (Å²) in [7, 11) is 0. The van der Waals surface area contributed by atoms with Crippen LogP contribution in [0.5, 0.6) is 11.5 Å². The molecule has 2 aromatic carbocycles. The van der Waals surface area contributed by atoms with E-state index >= 15 is 0 Å². The van der Waals surface area contributed by atoms with Gasteiger partial charge in [0, 0.05) is 5.48 Å². The van der Waals surface area contributed by atoms with Crippen LogP contribution in [0.1, 0.15) is 48.7 Å². The van der Waals surface area contributed by atoms with E-state index in [1.165, 1.54) is 13.8 Å². The van der Waals surface area contributed by atoms with Crippen LogP contribution in [0.25, 0.3) is 11.1 Å². The normalized spacial score (nSPS) is 19.3. The number of aromatic hydroxyl groups is 2. The van der Waals surface area contributed by atoms with E-state index in [4.69, 9.17) is 11.0 Å². The molecule has 0 bridgehead atoms. The van der Waals surface area contributed by atoms with Crippen molar-refractivity contribution in [2.75, 3.05) is 0 Å². The minimum atomic E-state index is -2.13. The summed E-state index contributed by atoms with van der Waals surface area (Å²) in [5.41, 5.74) is -0.280. The van der Waals surface area contributed by atoms with Gasteiger partial charge in [0.25, 0.3) is 0 Å². The molecular formula is C18H20O2. The van der Waals surface area contributed by atoms with Crippen molar-refractivity contribution in [3.63, 3.8) is 0 Å². The molecule has 0 atom stereocenters. The van der Waals surface area contributed by atoms with Gasteiger partial charge in [-0.3, -0.25) is 0 Å². The van der Waals surface area contributed by atoms with Gasteiger partial charge in [-0.2, -0.15) is 0 Å². The van der Waals surface area contributed by atoms with Crippen molar-refractivity contribution in [3.05, 3.63) is 59.6 Å². The topological polar surface area (TPSA) is 40.5 Å². The second-order valence-electron chi connectivity index (χ2n) is 4.01. The van der Waals surface area contributed by atoms with Gasteiger partial charge in [-0.05, 0) is 59.2 Å². The molecule has 0 saturated heterocycles. The first-order valence-corrected chi connectivity index (χ1v) is 6.01. The van der Waals surface area contributed by atoms with Gasteiger partial charge < -0.3 is 10.2 Å². The Morgan fingerprint density at radius 2 is 1.15 bits per heavy atom. The highest BCUT2D eigenvalue weighted by Gasteiger charge is 2.09. The van der Waals surface area contributed by atoms with Crippen LogP contribution < -0.4 is 0 Å². The highest BCUT2D eigenvalue weighted by molar-refractivity contribution is 5.90. The van der Waals surface area contributed by atoms with Crippen LogP contribution in [-0.4, -0.2) is 10.2 Å². The highest BCUT2D eigenvalue weighted by Crippen LogP contribution is 2.32. The molecule has 0 unspecified atom stereocenters. The largest absolute Gasteiger partial charge is 0.508 e. The van der Waals surface area contributed by atoms with Crippen molar-refractivity contribution in [2.45, 2.75) is 26.6 Å². The lowest BCUT2D eigenvalue weighted by Gasteiger charge is -2.14. The fourth-order valence-electron chi connectivity index (χ4n) is 1.87. The lowest BCUT2D eigenvalue weighted by Crippen LogP contribution is -1.91. The predicted octanol–water partition coefficient (Wildman–Crippen LogP) is 4.83. The first kappa shape index (κ1) is 6.98. The molecule has 2 heteroatoms. The summed E-state index contributed by atoms with van der Waals surface area (Å²) < 4.78 is 64.2. The molecule has 2 aromatic rings. The molecule has 0 amide bonds. The number of hydrogen-bond acceptors (Lipinski definition) is 2. The second kappa shape index (κ2) is 6.29. The van der Waals surface area contributed by atoms with Gasteiger partial charge >= 0.3 is 0 Å². The molecule has 0 aliphatic heterocycles. The zero-order valence-electron chi connectivity index (χ0n) is 19.2. The lowest BCUT2D eigenvalue weighted by molar-refractivity contribution is 0.474. The summed E-state index contributed by atoms with van der Waals surface area (Å²) in [5, 5.41) is 19.4. The van der Waals surface area contributed by atoms with Crippen LogP contribution in [0.2, 0.25) is 0 Å². The molecule has 0 aliphatic carbocycles. The van der Waals surface area contributed by atoms with Crippen molar-refractivity contribution in [3.8, 4) is 11.5 Å². The molecule has 0 radical (unpaired) electrons. The molecule has 2 nitrogen and oxygen atoms in total. The zero-order chi connectivity index (χ0) is 21.6. The van der Waals surface area contributed by atoms with Crippen LogP contribution in [0.3, 0.4) is 0 Å². The third-order valence-corrected chi connectivity index (χ3v) is 2.78. The summed E-state index contributed by atoms with van der Waals surface area (Å²) in [5.74, 6) is -1.15. The molecule has 0 spiro atoms. The average molecular weight is 276 g/mol. The van der Waals surface area contributed by atoms with E-state index in [1.54, 1.807) is 0 Å². The molecule has 2 N–H and O–H groups in total. The Labute approximate surface area is 131 Å². The zero-order valence-corrected chi connectivity index (χ0v) is 11.2. The maximum Gasteiger partial charge on any atom is 0.115 e. The number of phenolic OH excluding ortho intramolecular Hbond substituents is 2. The molecule has 0 aliphatic rings. The van der Waals surface area contributed by atoms with Crippen LogP contribution in [-0.2, 0) is 0 Å². The summed E-state index contributed by atoms with van der Waals surface area (Å²) in [4.78, 5) is 0. The number of rotatable bonds is 4. The number of benzene rings is 2. The lowest BCUT2D eigenvalue weighted by atomic mass is 9.91. The maximum atomic E-state index is 9.70. The van der Waals surface area contributed by atoms with Crippen LogP contribution >= 0.6 is 0 Å². The fraction of sp³-hybridized carbons (Fsp3) is 0.222. The van der Waals surface area contributed by atoms with Crippen LogP contribution in [0.15, 0.2) is 48.4 Å². The van der Waals surface area contributed by atoms with E-state index in [0.717, 1.165) is 24.3 Å². The highest BCUT2D eigenvalue weighted by atomic mass is 16.3. The summed E-state index contributed by atoms with van der Waals surface area (Å²) in [6.07, 6.45) is -4.26. The van der Waals surface area contributed by atoms with Crippen molar-refractivity contribution in [1.82, 2.24) is 0 Å². The van der Waals surface area contributed by atoms with E-state index in [2.05, 4.69) is 0 Å². The smallest absolute Gasteiger partial charge is 0.115 e. The monoisotopic (exact) mass is 276 g/mol. The van der Waals surface area contributed by atoms with Crippen molar-refractivity contribution < 1.29 is 21.2 Å². The minimum Gasteiger partial charge on any atom is -0.508 e. The number of hydrogen-bond donors (Lipinski definition) is 2. The number of allylic oxidation sites excluding steroid dienone is 2. The molecule has 0 heterocycles. The molecule has 2 rings (SSSR count). The van der Waals surface area contributed by atoms with E-state index in [-0.39, 0.29) is 22.3 Å². The van der Waals surface area contributed by atoms with E-state index in [9.17, 15) is 10.2 Å². The first-order chi connectivity index (χ1) is 12.6. The van der Waals surface area contributed by atoms with Gasteiger partial charge in [0.15, 0.2) is 0 Å². The van der Waals surface area contributed by atoms with Gasteiger partial charge in [0.2, 0.25) is 0 Å². The minimum absolute atomic E-state index is 0.0344. The van der Waals surface area contributed by atoms with Gasteiger partial charge in [-0.1, -0.05) is 38.1 Å². The van der Waals surface area contributed by atoms with Crippen molar-refractivity contribution in [2.24, 2.45) is 0 Å². The standard InChI is InChI=1S/C18H20O2/c1-3-17(13-5-9-15(19)10-6-13)18(4-2)14-7-11-16(20)12-8-14/h5-12,19-20H,3-4H2,1-2H3/i3D2,4D2,9D,10D,11D,12D. The predicted molar refractivity (Wildman–Crippen MR) is 83.6 cm³/mol. The van der Waals surface area contributed by atoms with Gasteiger partial charge in [-0.25, -0.2) is 0 Å². The van der Waals surface area contributed by atoms with Crippen LogP contribution in [0.4, 0.5) is 0 Å².